The number of carbonyl (C=O) groups is 2. The molecule has 0 saturated heterocycles. The summed E-state index contributed by atoms with van der Waals surface area (Å²) < 4.78 is 4.82. The highest BCUT2D eigenvalue weighted by Crippen LogP contribution is 2.15. The Morgan fingerprint density at radius 1 is 1.41 bits per heavy atom. The SMILES string of the molecule is COCCNC(=O)C(=Cc1cccc([N+](=O)[O-])c1)NC(C)=O. The first-order valence-corrected chi connectivity index (χ1v) is 6.45. The van der Waals surface area contributed by atoms with E-state index in [1.54, 1.807) is 6.07 Å². The molecule has 1 aromatic rings. The Kier molecular flexibility index (Phi) is 6.71. The molecule has 0 aliphatic carbocycles. The third-order valence-electron chi connectivity index (χ3n) is 2.54. The minimum Gasteiger partial charge on any atom is -0.383 e. The lowest BCUT2D eigenvalue weighted by molar-refractivity contribution is -0.384. The van der Waals surface area contributed by atoms with E-state index in [9.17, 15) is 19.7 Å². The third-order valence-corrected chi connectivity index (χ3v) is 2.54. The van der Waals surface area contributed by atoms with Gasteiger partial charge in [0.2, 0.25) is 5.91 Å². The number of hydrogen-bond donors (Lipinski definition) is 2. The monoisotopic (exact) mass is 307 g/mol. The van der Waals surface area contributed by atoms with Crippen molar-refractivity contribution < 1.29 is 19.2 Å². The van der Waals surface area contributed by atoms with Crippen molar-refractivity contribution in [3.8, 4) is 0 Å². The molecule has 0 fully saturated rings. The van der Waals surface area contributed by atoms with Crippen molar-refractivity contribution in [3.05, 3.63) is 45.6 Å². The molecule has 8 heteroatoms. The second kappa shape index (κ2) is 8.53. The fraction of sp³-hybridized carbons (Fsp3) is 0.286. The molecule has 0 aliphatic rings. The van der Waals surface area contributed by atoms with E-state index in [0.717, 1.165) is 0 Å². The lowest BCUT2D eigenvalue weighted by Gasteiger charge is -2.09. The molecule has 0 aliphatic heterocycles. The first-order chi connectivity index (χ1) is 10.4. The van der Waals surface area contributed by atoms with Gasteiger partial charge in [0, 0.05) is 32.7 Å². The Bertz CT molecular complexity index is 598. The van der Waals surface area contributed by atoms with Gasteiger partial charge in [-0.2, -0.15) is 0 Å². The topological polar surface area (TPSA) is 111 Å². The van der Waals surface area contributed by atoms with Crippen molar-refractivity contribution >= 4 is 23.6 Å². The molecule has 2 amide bonds. The molecule has 0 atom stereocenters. The Morgan fingerprint density at radius 3 is 2.73 bits per heavy atom. The fourth-order valence-electron chi connectivity index (χ4n) is 1.60. The summed E-state index contributed by atoms with van der Waals surface area (Å²) >= 11 is 0. The predicted molar refractivity (Wildman–Crippen MR) is 79.8 cm³/mol. The zero-order chi connectivity index (χ0) is 16.5. The van der Waals surface area contributed by atoms with E-state index in [0.29, 0.717) is 12.2 Å². The van der Waals surface area contributed by atoms with Crippen LogP contribution in [0, 0.1) is 10.1 Å². The van der Waals surface area contributed by atoms with Gasteiger partial charge in [0.05, 0.1) is 11.5 Å². The van der Waals surface area contributed by atoms with E-state index in [1.807, 2.05) is 0 Å². The van der Waals surface area contributed by atoms with Crippen molar-refractivity contribution in [2.24, 2.45) is 0 Å². The van der Waals surface area contributed by atoms with Crippen LogP contribution in [0.5, 0.6) is 0 Å². The van der Waals surface area contributed by atoms with Gasteiger partial charge >= 0.3 is 0 Å². The van der Waals surface area contributed by atoms with E-state index in [-0.39, 0.29) is 17.9 Å². The molecule has 118 valence electrons. The molecular formula is C14H17N3O5. The predicted octanol–water partition coefficient (Wildman–Crippen LogP) is 0.834. The first kappa shape index (κ1) is 17.3. The summed E-state index contributed by atoms with van der Waals surface area (Å²) in [6.45, 7) is 1.88. The zero-order valence-electron chi connectivity index (χ0n) is 12.3. The number of rotatable bonds is 7. The molecule has 0 saturated carbocycles. The number of methoxy groups -OCH3 is 1. The molecule has 22 heavy (non-hydrogen) atoms. The van der Waals surface area contributed by atoms with Gasteiger partial charge in [-0.15, -0.1) is 0 Å². The van der Waals surface area contributed by atoms with E-state index < -0.39 is 16.7 Å². The minimum absolute atomic E-state index is 0.00380. The van der Waals surface area contributed by atoms with Crippen molar-refractivity contribution in [1.29, 1.82) is 0 Å². The normalized spacial score (nSPS) is 10.9. The summed E-state index contributed by atoms with van der Waals surface area (Å²) in [5.41, 5.74) is 0.333. The highest BCUT2D eigenvalue weighted by atomic mass is 16.6. The van der Waals surface area contributed by atoms with Crippen LogP contribution in [0.2, 0.25) is 0 Å². The molecule has 2 N–H and O–H groups in total. The van der Waals surface area contributed by atoms with E-state index in [4.69, 9.17) is 4.74 Å². The number of carbonyl (C=O) groups excluding carboxylic acids is 2. The number of non-ortho nitro benzene ring substituents is 1. The van der Waals surface area contributed by atoms with Crippen LogP contribution in [0.25, 0.3) is 6.08 Å². The molecule has 0 spiro atoms. The Labute approximate surface area is 127 Å². The number of benzene rings is 1. The quantitative estimate of drug-likeness (QED) is 0.335. The second-order valence-electron chi connectivity index (χ2n) is 4.34. The van der Waals surface area contributed by atoms with Crippen LogP contribution in [-0.4, -0.2) is 37.0 Å². The van der Waals surface area contributed by atoms with E-state index in [2.05, 4.69) is 10.6 Å². The number of nitrogens with zero attached hydrogens (tertiary/aromatic N) is 1. The van der Waals surface area contributed by atoms with Gasteiger partial charge in [0.1, 0.15) is 5.70 Å². The van der Waals surface area contributed by atoms with Crippen molar-refractivity contribution in [3.63, 3.8) is 0 Å². The van der Waals surface area contributed by atoms with Gasteiger partial charge < -0.3 is 15.4 Å². The van der Waals surface area contributed by atoms with Gasteiger partial charge in [-0.05, 0) is 11.6 Å². The maximum Gasteiger partial charge on any atom is 0.270 e. The van der Waals surface area contributed by atoms with Gasteiger partial charge in [-0.3, -0.25) is 19.7 Å². The summed E-state index contributed by atoms with van der Waals surface area (Å²) in [6.07, 6.45) is 1.37. The summed E-state index contributed by atoms with van der Waals surface area (Å²) in [7, 11) is 1.50. The Balaban J connectivity index is 2.99. The van der Waals surface area contributed by atoms with Crippen LogP contribution in [0.15, 0.2) is 30.0 Å². The number of amides is 2. The largest absolute Gasteiger partial charge is 0.383 e. The lowest BCUT2D eigenvalue weighted by atomic mass is 10.1. The third kappa shape index (κ3) is 5.71. The molecule has 1 rings (SSSR count). The summed E-state index contributed by atoms with van der Waals surface area (Å²) in [6, 6.07) is 5.74. The van der Waals surface area contributed by atoms with Crippen molar-refractivity contribution in [2.45, 2.75) is 6.92 Å². The maximum atomic E-state index is 12.0. The molecule has 8 nitrogen and oxygen atoms in total. The zero-order valence-corrected chi connectivity index (χ0v) is 12.3. The number of nitrogens with one attached hydrogen (secondary N) is 2. The van der Waals surface area contributed by atoms with Crippen LogP contribution in [-0.2, 0) is 14.3 Å². The van der Waals surface area contributed by atoms with Crippen LogP contribution < -0.4 is 10.6 Å². The molecule has 1 aromatic carbocycles. The molecular weight excluding hydrogens is 290 g/mol. The average molecular weight is 307 g/mol. The fourth-order valence-corrected chi connectivity index (χ4v) is 1.60. The number of nitro benzene ring substituents is 1. The summed E-state index contributed by atoms with van der Waals surface area (Å²) in [5, 5.41) is 15.7. The van der Waals surface area contributed by atoms with Gasteiger partial charge in [-0.1, -0.05) is 12.1 Å². The van der Waals surface area contributed by atoms with Gasteiger partial charge in [0.25, 0.3) is 11.6 Å². The minimum atomic E-state index is -0.534. The van der Waals surface area contributed by atoms with Crippen molar-refractivity contribution in [2.75, 3.05) is 20.3 Å². The second-order valence-corrected chi connectivity index (χ2v) is 4.34. The smallest absolute Gasteiger partial charge is 0.270 e. The number of nitro groups is 1. The Morgan fingerprint density at radius 2 is 2.14 bits per heavy atom. The standard InChI is InChI=1S/C14H17N3O5/c1-10(18)16-13(14(19)15-6-7-22-2)9-11-4-3-5-12(8-11)17(20)21/h3-5,8-9H,6-7H2,1-2H3,(H,15,19)(H,16,18). The maximum absolute atomic E-state index is 12.0. The average Bonchev–Trinajstić information content (AvgIpc) is 2.46. The van der Waals surface area contributed by atoms with Crippen LogP contribution in [0.3, 0.4) is 0 Å². The highest BCUT2D eigenvalue weighted by Gasteiger charge is 2.12. The molecule has 0 aromatic heterocycles. The highest BCUT2D eigenvalue weighted by molar-refractivity contribution is 6.00. The summed E-state index contributed by atoms with van der Waals surface area (Å²) in [5.74, 6) is -0.919. The van der Waals surface area contributed by atoms with Crippen LogP contribution in [0.1, 0.15) is 12.5 Å². The molecule has 0 radical (unpaired) electrons. The van der Waals surface area contributed by atoms with Gasteiger partial charge in [-0.25, -0.2) is 0 Å². The molecule has 0 unspecified atom stereocenters. The van der Waals surface area contributed by atoms with Gasteiger partial charge in [0.15, 0.2) is 0 Å². The number of ether oxygens (including phenoxy) is 1. The van der Waals surface area contributed by atoms with Crippen LogP contribution in [0.4, 0.5) is 5.69 Å². The number of hydrogen-bond acceptors (Lipinski definition) is 5. The molecule has 0 bridgehead atoms. The van der Waals surface area contributed by atoms with E-state index in [1.165, 1.54) is 38.3 Å². The van der Waals surface area contributed by atoms with E-state index >= 15 is 0 Å². The summed E-state index contributed by atoms with van der Waals surface area (Å²) in [4.78, 5) is 33.4. The lowest BCUT2D eigenvalue weighted by Crippen LogP contribution is -2.35. The Hall–Kier alpha value is -2.74. The molecule has 0 heterocycles. The van der Waals surface area contributed by atoms with Crippen molar-refractivity contribution in [1.82, 2.24) is 10.6 Å². The first-order valence-electron chi connectivity index (χ1n) is 6.45. The van der Waals surface area contributed by atoms with Crippen LogP contribution >= 0.6 is 0 Å².